The molecule has 0 atom stereocenters. The number of rotatable bonds is 6. The highest BCUT2D eigenvalue weighted by Crippen LogP contribution is 2.25. The number of furan rings is 1. The summed E-state index contributed by atoms with van der Waals surface area (Å²) in [6, 6.07) is 9.12. The topological polar surface area (TPSA) is 77.5 Å². The zero-order valence-corrected chi connectivity index (χ0v) is 15.0. The predicted octanol–water partition coefficient (Wildman–Crippen LogP) is 4.37. The summed E-state index contributed by atoms with van der Waals surface area (Å²) in [4.78, 5) is 12.1. The average Bonchev–Trinajstić information content (AvgIpc) is 3.11. The Morgan fingerprint density at radius 1 is 1.20 bits per heavy atom. The molecule has 1 aromatic heterocycles. The van der Waals surface area contributed by atoms with E-state index in [4.69, 9.17) is 14.9 Å². The van der Waals surface area contributed by atoms with Gasteiger partial charge in [-0.25, -0.2) is 0 Å². The summed E-state index contributed by atoms with van der Waals surface area (Å²) in [5.74, 6) is 1.89. The van der Waals surface area contributed by atoms with Crippen LogP contribution in [-0.4, -0.2) is 12.5 Å². The minimum Gasteiger partial charge on any atom is -0.493 e. The van der Waals surface area contributed by atoms with Gasteiger partial charge in [-0.15, -0.1) is 12.4 Å². The van der Waals surface area contributed by atoms with Crippen LogP contribution in [-0.2, 0) is 6.54 Å². The number of hydrogen-bond donors (Lipinski definition) is 2. The third kappa shape index (κ3) is 5.51. The van der Waals surface area contributed by atoms with Crippen molar-refractivity contribution in [3.63, 3.8) is 0 Å². The van der Waals surface area contributed by atoms with Gasteiger partial charge < -0.3 is 20.2 Å². The minimum absolute atomic E-state index is 0. The Kier molecular flexibility index (Phi) is 7.34. The third-order valence-corrected chi connectivity index (χ3v) is 4.44. The Hall–Kier alpha value is -1.98. The lowest BCUT2D eigenvalue weighted by atomic mass is 9.90. The molecular weight excluding hydrogens is 340 g/mol. The lowest BCUT2D eigenvalue weighted by Crippen LogP contribution is -2.15. The molecule has 3 N–H and O–H groups in total. The van der Waals surface area contributed by atoms with Crippen LogP contribution >= 0.6 is 12.4 Å². The second-order valence-electron chi connectivity index (χ2n) is 6.30. The van der Waals surface area contributed by atoms with Gasteiger partial charge in [0.2, 0.25) is 0 Å². The van der Waals surface area contributed by atoms with Gasteiger partial charge in [0.15, 0.2) is 0 Å². The molecule has 1 fully saturated rings. The van der Waals surface area contributed by atoms with Crippen molar-refractivity contribution in [1.29, 1.82) is 0 Å². The van der Waals surface area contributed by atoms with Crippen LogP contribution in [0, 0.1) is 5.92 Å². The first kappa shape index (κ1) is 19.3. The van der Waals surface area contributed by atoms with Crippen LogP contribution in [0.5, 0.6) is 5.75 Å². The summed E-state index contributed by atoms with van der Waals surface area (Å²) in [7, 11) is 0. The fourth-order valence-electron chi connectivity index (χ4n) is 3.01. The summed E-state index contributed by atoms with van der Waals surface area (Å²) in [6.07, 6.45) is 7.94. The molecule has 1 aromatic carbocycles. The van der Waals surface area contributed by atoms with Crippen LogP contribution in [0.3, 0.4) is 0 Å². The fraction of sp³-hybridized carbons (Fsp3) is 0.421. The van der Waals surface area contributed by atoms with Crippen LogP contribution in [0.4, 0.5) is 5.69 Å². The van der Waals surface area contributed by atoms with Crippen LogP contribution in [0.25, 0.3) is 0 Å². The van der Waals surface area contributed by atoms with E-state index in [1.54, 1.807) is 6.07 Å². The SMILES string of the molecule is Cl.NCc1cc(C(=O)Nc2ccc(OCC3CCCCC3)cc2)co1. The number of halogens is 1. The highest BCUT2D eigenvalue weighted by molar-refractivity contribution is 6.04. The monoisotopic (exact) mass is 364 g/mol. The molecule has 0 radical (unpaired) electrons. The Bertz CT molecular complexity index is 664. The summed E-state index contributed by atoms with van der Waals surface area (Å²) in [5.41, 5.74) is 6.66. The van der Waals surface area contributed by atoms with E-state index in [0.717, 1.165) is 18.0 Å². The molecule has 0 unspecified atom stereocenters. The van der Waals surface area contributed by atoms with Crippen molar-refractivity contribution in [1.82, 2.24) is 0 Å². The van der Waals surface area contributed by atoms with Crippen molar-refractivity contribution in [3.05, 3.63) is 47.9 Å². The Morgan fingerprint density at radius 2 is 1.92 bits per heavy atom. The van der Waals surface area contributed by atoms with Gasteiger partial charge in [0.05, 0.1) is 18.7 Å². The van der Waals surface area contributed by atoms with E-state index in [-0.39, 0.29) is 24.9 Å². The van der Waals surface area contributed by atoms with Gasteiger partial charge in [-0.05, 0) is 49.1 Å². The summed E-state index contributed by atoms with van der Waals surface area (Å²) in [6.45, 7) is 1.06. The standard InChI is InChI=1S/C19H24N2O3.ClH/c20-11-18-10-15(13-24-18)19(22)21-16-6-8-17(9-7-16)23-12-14-4-2-1-3-5-14;/h6-10,13-14H,1-5,11-12,20H2,(H,21,22);1H. The number of nitrogens with one attached hydrogen (secondary N) is 1. The Labute approximate surface area is 154 Å². The van der Waals surface area contributed by atoms with Crippen molar-refractivity contribution >= 4 is 24.0 Å². The van der Waals surface area contributed by atoms with E-state index in [2.05, 4.69) is 5.32 Å². The zero-order chi connectivity index (χ0) is 16.8. The molecule has 1 saturated carbocycles. The zero-order valence-electron chi connectivity index (χ0n) is 14.2. The molecule has 1 amide bonds. The van der Waals surface area contributed by atoms with Gasteiger partial charge in [-0.2, -0.15) is 0 Å². The minimum atomic E-state index is -0.214. The molecule has 5 nitrogen and oxygen atoms in total. The van der Waals surface area contributed by atoms with Crippen LogP contribution < -0.4 is 15.8 Å². The molecule has 1 aliphatic rings. The largest absolute Gasteiger partial charge is 0.493 e. The van der Waals surface area contributed by atoms with E-state index in [1.165, 1.54) is 38.4 Å². The number of carbonyl (C=O) groups is 1. The second kappa shape index (κ2) is 9.49. The molecule has 3 rings (SSSR count). The molecule has 0 spiro atoms. The highest BCUT2D eigenvalue weighted by Gasteiger charge is 2.14. The van der Waals surface area contributed by atoms with Gasteiger partial charge in [0.25, 0.3) is 5.91 Å². The van der Waals surface area contributed by atoms with Crippen LogP contribution in [0.15, 0.2) is 41.0 Å². The van der Waals surface area contributed by atoms with E-state index in [0.29, 0.717) is 17.2 Å². The molecular formula is C19H25ClN2O3. The van der Waals surface area contributed by atoms with Gasteiger partial charge in [-0.1, -0.05) is 19.3 Å². The molecule has 0 bridgehead atoms. The number of anilines is 1. The van der Waals surface area contributed by atoms with E-state index in [1.807, 2.05) is 24.3 Å². The Balaban J connectivity index is 0.00000225. The van der Waals surface area contributed by atoms with Crippen LogP contribution in [0.2, 0.25) is 0 Å². The fourth-order valence-corrected chi connectivity index (χ4v) is 3.01. The lowest BCUT2D eigenvalue weighted by Gasteiger charge is -2.21. The first-order chi connectivity index (χ1) is 11.7. The van der Waals surface area contributed by atoms with Crippen molar-refractivity contribution in [3.8, 4) is 5.75 Å². The summed E-state index contributed by atoms with van der Waals surface area (Å²) >= 11 is 0. The second-order valence-corrected chi connectivity index (χ2v) is 6.30. The number of carbonyl (C=O) groups excluding carboxylic acids is 1. The molecule has 136 valence electrons. The number of benzene rings is 1. The summed E-state index contributed by atoms with van der Waals surface area (Å²) < 4.78 is 11.0. The normalized spacial score (nSPS) is 14.6. The molecule has 1 aliphatic carbocycles. The summed E-state index contributed by atoms with van der Waals surface area (Å²) in [5, 5.41) is 2.83. The first-order valence-corrected chi connectivity index (χ1v) is 8.56. The molecule has 2 aromatic rings. The van der Waals surface area contributed by atoms with E-state index < -0.39 is 0 Å². The average molecular weight is 365 g/mol. The smallest absolute Gasteiger partial charge is 0.258 e. The van der Waals surface area contributed by atoms with Gasteiger partial charge in [0.1, 0.15) is 17.8 Å². The van der Waals surface area contributed by atoms with Gasteiger partial charge in [0, 0.05) is 5.69 Å². The molecule has 6 heteroatoms. The Morgan fingerprint density at radius 3 is 2.56 bits per heavy atom. The number of hydrogen-bond acceptors (Lipinski definition) is 4. The maximum Gasteiger partial charge on any atom is 0.258 e. The quantitative estimate of drug-likeness (QED) is 0.797. The highest BCUT2D eigenvalue weighted by atomic mass is 35.5. The first-order valence-electron chi connectivity index (χ1n) is 8.56. The van der Waals surface area contributed by atoms with Crippen LogP contribution in [0.1, 0.15) is 48.2 Å². The lowest BCUT2D eigenvalue weighted by molar-refractivity contribution is 0.102. The maximum atomic E-state index is 12.1. The molecule has 1 heterocycles. The van der Waals surface area contributed by atoms with E-state index >= 15 is 0 Å². The molecule has 0 aliphatic heterocycles. The number of ether oxygens (including phenoxy) is 1. The third-order valence-electron chi connectivity index (χ3n) is 4.44. The number of nitrogens with two attached hydrogens (primary N) is 1. The van der Waals surface area contributed by atoms with Crippen molar-refractivity contribution in [2.24, 2.45) is 11.7 Å². The maximum absolute atomic E-state index is 12.1. The van der Waals surface area contributed by atoms with Crippen molar-refractivity contribution in [2.75, 3.05) is 11.9 Å². The van der Waals surface area contributed by atoms with Gasteiger partial charge >= 0.3 is 0 Å². The predicted molar refractivity (Wildman–Crippen MR) is 100 cm³/mol. The van der Waals surface area contributed by atoms with Crippen molar-refractivity contribution < 1.29 is 13.9 Å². The number of amides is 1. The molecule has 0 saturated heterocycles. The van der Waals surface area contributed by atoms with E-state index in [9.17, 15) is 4.79 Å². The van der Waals surface area contributed by atoms with Gasteiger partial charge in [-0.3, -0.25) is 4.79 Å². The van der Waals surface area contributed by atoms with Crippen molar-refractivity contribution in [2.45, 2.75) is 38.6 Å². The molecule has 25 heavy (non-hydrogen) atoms.